The van der Waals surface area contributed by atoms with Gasteiger partial charge in [0.05, 0.1) is 6.61 Å². The second-order valence-corrected chi connectivity index (χ2v) is 6.78. The highest BCUT2D eigenvalue weighted by Crippen LogP contribution is 2.26. The van der Waals surface area contributed by atoms with E-state index in [1.165, 1.54) is 6.42 Å². The number of carbonyl (C=O) groups excluding carboxylic acids is 1. The molecule has 0 aliphatic heterocycles. The van der Waals surface area contributed by atoms with E-state index in [0.717, 1.165) is 42.5 Å². The van der Waals surface area contributed by atoms with Gasteiger partial charge in [0.25, 0.3) is 5.91 Å². The monoisotopic (exact) mass is 338 g/mol. The van der Waals surface area contributed by atoms with Crippen molar-refractivity contribution in [3.8, 4) is 11.1 Å². The smallest absolute Gasteiger partial charge is 0.254 e. The predicted octanol–water partition coefficient (Wildman–Crippen LogP) is 3.82. The Balaban J connectivity index is 1.86. The maximum absolute atomic E-state index is 13.1. The summed E-state index contributed by atoms with van der Waals surface area (Å²) in [5.74, 6) is 0.0218. The Morgan fingerprint density at radius 3 is 2.64 bits per heavy atom. The van der Waals surface area contributed by atoms with Gasteiger partial charge < -0.3 is 10.0 Å². The van der Waals surface area contributed by atoms with Crippen LogP contribution in [0.4, 0.5) is 0 Å². The number of aryl methyl sites for hydroxylation is 1. The van der Waals surface area contributed by atoms with E-state index in [4.69, 9.17) is 0 Å². The van der Waals surface area contributed by atoms with Crippen molar-refractivity contribution in [1.29, 1.82) is 0 Å². The Morgan fingerprint density at radius 1 is 1.16 bits per heavy atom. The summed E-state index contributed by atoms with van der Waals surface area (Å²) in [7, 11) is 0. The van der Waals surface area contributed by atoms with Gasteiger partial charge >= 0.3 is 0 Å². The van der Waals surface area contributed by atoms with E-state index in [-0.39, 0.29) is 18.6 Å². The molecule has 1 aromatic heterocycles. The first-order valence-corrected chi connectivity index (χ1v) is 9.14. The van der Waals surface area contributed by atoms with Gasteiger partial charge in [0.1, 0.15) is 0 Å². The zero-order chi connectivity index (χ0) is 17.6. The number of amides is 1. The zero-order valence-electron chi connectivity index (χ0n) is 14.8. The molecule has 25 heavy (non-hydrogen) atoms. The molecule has 1 saturated carbocycles. The highest BCUT2D eigenvalue weighted by Gasteiger charge is 2.26. The van der Waals surface area contributed by atoms with E-state index in [2.05, 4.69) is 4.98 Å². The van der Waals surface area contributed by atoms with Gasteiger partial charge in [-0.3, -0.25) is 9.78 Å². The molecule has 1 N–H and O–H groups in total. The highest BCUT2D eigenvalue weighted by atomic mass is 16.3. The predicted molar refractivity (Wildman–Crippen MR) is 99.4 cm³/mol. The molecule has 1 aliphatic rings. The van der Waals surface area contributed by atoms with Crippen LogP contribution < -0.4 is 0 Å². The second kappa shape index (κ2) is 8.26. The molecule has 4 heteroatoms. The fraction of sp³-hybridized carbons (Fsp3) is 0.429. The molecular weight excluding hydrogens is 312 g/mol. The molecule has 1 aromatic carbocycles. The zero-order valence-corrected chi connectivity index (χ0v) is 14.8. The standard InChI is InChI=1S/C21H26N2O2/c1-16-14-18(10-11-22-16)17-6-5-7-19(15-17)21(25)23(12-13-24)20-8-3-2-4-9-20/h5-7,10-11,14-15,20,24H,2-4,8-9,12-13H2,1H3. The molecule has 3 rings (SSSR count). The van der Waals surface area contributed by atoms with Crippen LogP contribution in [0.5, 0.6) is 0 Å². The summed E-state index contributed by atoms with van der Waals surface area (Å²) in [6, 6.07) is 12.0. The maximum atomic E-state index is 13.1. The Bertz CT molecular complexity index is 723. The summed E-state index contributed by atoms with van der Waals surface area (Å²) >= 11 is 0. The van der Waals surface area contributed by atoms with E-state index in [0.29, 0.717) is 12.1 Å². The number of hydrogen-bond acceptors (Lipinski definition) is 3. The lowest BCUT2D eigenvalue weighted by atomic mass is 9.93. The minimum Gasteiger partial charge on any atom is -0.395 e. The van der Waals surface area contributed by atoms with Crippen LogP contribution in [-0.2, 0) is 0 Å². The molecule has 1 heterocycles. The molecule has 1 fully saturated rings. The van der Waals surface area contributed by atoms with E-state index in [1.54, 1.807) is 6.20 Å². The summed E-state index contributed by atoms with van der Waals surface area (Å²) in [6.07, 6.45) is 7.43. The summed E-state index contributed by atoms with van der Waals surface area (Å²) in [6.45, 7) is 2.37. The Kier molecular flexibility index (Phi) is 5.82. The van der Waals surface area contributed by atoms with Crippen molar-refractivity contribution < 1.29 is 9.90 Å². The number of rotatable bonds is 5. The lowest BCUT2D eigenvalue weighted by Crippen LogP contribution is -2.43. The number of aliphatic hydroxyl groups excluding tert-OH is 1. The Labute approximate surface area is 149 Å². The molecule has 1 aliphatic carbocycles. The lowest BCUT2D eigenvalue weighted by molar-refractivity contribution is 0.0585. The lowest BCUT2D eigenvalue weighted by Gasteiger charge is -2.34. The maximum Gasteiger partial charge on any atom is 0.254 e. The molecule has 1 amide bonds. The first kappa shape index (κ1) is 17.6. The van der Waals surface area contributed by atoms with Gasteiger partial charge in [-0.15, -0.1) is 0 Å². The van der Waals surface area contributed by atoms with Crippen LogP contribution in [0.1, 0.15) is 48.2 Å². The molecule has 132 valence electrons. The third-order valence-electron chi connectivity index (χ3n) is 4.96. The first-order chi connectivity index (χ1) is 12.2. The van der Waals surface area contributed by atoms with Gasteiger partial charge in [-0.05, 0) is 55.2 Å². The SMILES string of the molecule is Cc1cc(-c2cccc(C(=O)N(CCO)C3CCCCC3)c2)ccn1. The molecule has 0 radical (unpaired) electrons. The number of carbonyl (C=O) groups is 1. The molecular formula is C21H26N2O2. The summed E-state index contributed by atoms with van der Waals surface area (Å²) < 4.78 is 0. The molecule has 0 bridgehead atoms. The van der Waals surface area contributed by atoms with Crippen molar-refractivity contribution in [2.24, 2.45) is 0 Å². The third kappa shape index (κ3) is 4.26. The molecule has 0 spiro atoms. The van der Waals surface area contributed by atoms with Gasteiger partial charge in [0, 0.05) is 30.0 Å². The fourth-order valence-corrected chi connectivity index (χ4v) is 3.67. The normalized spacial score (nSPS) is 15.1. The van der Waals surface area contributed by atoms with Crippen LogP contribution in [0, 0.1) is 6.92 Å². The first-order valence-electron chi connectivity index (χ1n) is 9.14. The molecule has 4 nitrogen and oxygen atoms in total. The van der Waals surface area contributed by atoms with Gasteiger partial charge in [0.15, 0.2) is 0 Å². The van der Waals surface area contributed by atoms with Crippen LogP contribution >= 0.6 is 0 Å². The van der Waals surface area contributed by atoms with Crippen molar-refractivity contribution in [1.82, 2.24) is 9.88 Å². The van der Waals surface area contributed by atoms with Crippen LogP contribution in [0.2, 0.25) is 0 Å². The van der Waals surface area contributed by atoms with Crippen LogP contribution in [-0.4, -0.2) is 40.1 Å². The average Bonchev–Trinajstić information content (AvgIpc) is 2.66. The third-order valence-corrected chi connectivity index (χ3v) is 4.96. The van der Waals surface area contributed by atoms with Gasteiger partial charge in [-0.1, -0.05) is 31.4 Å². The van der Waals surface area contributed by atoms with E-state index in [1.807, 2.05) is 48.2 Å². The minimum atomic E-state index is 0.00544. The topological polar surface area (TPSA) is 53.4 Å². The van der Waals surface area contributed by atoms with Crippen molar-refractivity contribution >= 4 is 5.91 Å². The van der Waals surface area contributed by atoms with Gasteiger partial charge in [0.2, 0.25) is 0 Å². The van der Waals surface area contributed by atoms with Crippen molar-refractivity contribution in [3.63, 3.8) is 0 Å². The summed E-state index contributed by atoms with van der Waals surface area (Å²) in [4.78, 5) is 19.2. The number of pyridine rings is 1. The van der Waals surface area contributed by atoms with E-state index in [9.17, 15) is 9.90 Å². The minimum absolute atomic E-state index is 0.00544. The largest absolute Gasteiger partial charge is 0.395 e. The van der Waals surface area contributed by atoms with Crippen LogP contribution in [0.25, 0.3) is 11.1 Å². The highest BCUT2D eigenvalue weighted by molar-refractivity contribution is 5.95. The molecule has 2 aromatic rings. The van der Waals surface area contributed by atoms with Crippen LogP contribution in [0.15, 0.2) is 42.6 Å². The van der Waals surface area contributed by atoms with Crippen molar-refractivity contribution in [2.45, 2.75) is 45.1 Å². The number of benzene rings is 1. The van der Waals surface area contributed by atoms with Gasteiger partial charge in [-0.2, -0.15) is 0 Å². The van der Waals surface area contributed by atoms with Crippen molar-refractivity contribution in [2.75, 3.05) is 13.2 Å². The van der Waals surface area contributed by atoms with Gasteiger partial charge in [-0.25, -0.2) is 0 Å². The molecule has 0 unspecified atom stereocenters. The number of aliphatic hydroxyl groups is 1. The summed E-state index contributed by atoms with van der Waals surface area (Å²) in [5, 5.41) is 9.43. The van der Waals surface area contributed by atoms with Crippen molar-refractivity contribution in [3.05, 3.63) is 53.9 Å². The fourth-order valence-electron chi connectivity index (χ4n) is 3.67. The second-order valence-electron chi connectivity index (χ2n) is 6.78. The Hall–Kier alpha value is -2.20. The average molecular weight is 338 g/mol. The Morgan fingerprint density at radius 2 is 1.92 bits per heavy atom. The van der Waals surface area contributed by atoms with E-state index < -0.39 is 0 Å². The van der Waals surface area contributed by atoms with Crippen LogP contribution in [0.3, 0.4) is 0 Å². The molecule has 0 saturated heterocycles. The molecule has 0 atom stereocenters. The van der Waals surface area contributed by atoms with E-state index >= 15 is 0 Å². The summed E-state index contributed by atoms with van der Waals surface area (Å²) in [5.41, 5.74) is 3.72. The number of aromatic nitrogens is 1. The quantitative estimate of drug-likeness (QED) is 0.901. The number of nitrogens with zero attached hydrogens (tertiary/aromatic N) is 2. The number of hydrogen-bond donors (Lipinski definition) is 1.